The number of ether oxygens (including phenoxy) is 1. The molecule has 1 aliphatic rings. The summed E-state index contributed by atoms with van der Waals surface area (Å²) in [6.07, 6.45) is -9.97. The van der Waals surface area contributed by atoms with Gasteiger partial charge in [0.25, 0.3) is 0 Å². The fourth-order valence-electron chi connectivity index (χ4n) is 2.13. The molecule has 0 aromatic carbocycles. The Morgan fingerprint density at radius 1 is 0.750 bits per heavy atom. The lowest BCUT2D eigenvalue weighted by Gasteiger charge is -2.39. The van der Waals surface area contributed by atoms with Crippen LogP contribution in [0.15, 0.2) is 0 Å². The molecule has 0 aliphatic carbocycles. The van der Waals surface area contributed by atoms with Crippen molar-refractivity contribution in [2.75, 3.05) is 13.2 Å². The highest BCUT2D eigenvalue weighted by atomic mass is 19.4. The molecule has 1 unspecified atom stereocenters. The van der Waals surface area contributed by atoms with Crippen LogP contribution in [0.1, 0.15) is 19.3 Å². The summed E-state index contributed by atoms with van der Waals surface area (Å²) in [4.78, 5) is 0. The van der Waals surface area contributed by atoms with Crippen molar-refractivity contribution in [2.24, 2.45) is 0 Å². The topological polar surface area (TPSA) is 41.5 Å². The number of alkyl halides is 13. The van der Waals surface area contributed by atoms with Gasteiger partial charge in [-0.25, -0.2) is 0 Å². The van der Waals surface area contributed by atoms with Gasteiger partial charge < -0.3 is 9.84 Å². The minimum absolute atomic E-state index is 0.0832. The van der Waals surface area contributed by atoms with Gasteiger partial charge in [0.2, 0.25) is 5.91 Å². The standard InChI is InChI=1S/C12H12F13NO2/c13-6(14,3-5-28-7(27)2-1-4-26-7)8(15,16)9(17,18)10(19,20)11(21,22)12(23,24)25/h26-27H,1-5H2. The van der Waals surface area contributed by atoms with Gasteiger partial charge in [0.1, 0.15) is 0 Å². The summed E-state index contributed by atoms with van der Waals surface area (Å²) >= 11 is 0. The Morgan fingerprint density at radius 3 is 1.61 bits per heavy atom. The van der Waals surface area contributed by atoms with Gasteiger partial charge in [0, 0.05) is 19.4 Å². The van der Waals surface area contributed by atoms with E-state index >= 15 is 0 Å². The molecule has 0 spiro atoms. The minimum atomic E-state index is -7.92. The average Bonchev–Trinajstić information content (AvgIpc) is 2.91. The van der Waals surface area contributed by atoms with E-state index in [0.717, 1.165) is 0 Å². The summed E-state index contributed by atoms with van der Waals surface area (Å²) in [6.45, 7) is -1.57. The van der Waals surface area contributed by atoms with E-state index in [4.69, 9.17) is 0 Å². The van der Waals surface area contributed by atoms with E-state index in [0.29, 0.717) is 0 Å². The van der Waals surface area contributed by atoms with Crippen molar-refractivity contribution in [3.8, 4) is 0 Å². The fourth-order valence-corrected chi connectivity index (χ4v) is 2.13. The van der Waals surface area contributed by atoms with E-state index in [1.54, 1.807) is 0 Å². The second kappa shape index (κ2) is 7.04. The third kappa shape index (κ3) is 3.86. The zero-order valence-electron chi connectivity index (χ0n) is 13.3. The average molecular weight is 449 g/mol. The summed E-state index contributed by atoms with van der Waals surface area (Å²) < 4.78 is 171. The number of hydrogen-bond donors (Lipinski definition) is 2. The lowest BCUT2D eigenvalue weighted by atomic mass is 9.93. The molecule has 0 bridgehead atoms. The number of aliphatic hydroxyl groups is 1. The molecule has 1 heterocycles. The van der Waals surface area contributed by atoms with Gasteiger partial charge in [-0.2, -0.15) is 57.1 Å². The molecule has 0 aromatic rings. The van der Waals surface area contributed by atoms with Crippen molar-refractivity contribution in [3.05, 3.63) is 0 Å². The van der Waals surface area contributed by atoms with Crippen LogP contribution in [0.5, 0.6) is 0 Å². The van der Waals surface area contributed by atoms with Gasteiger partial charge in [-0.3, -0.25) is 5.32 Å². The van der Waals surface area contributed by atoms with Crippen molar-refractivity contribution in [3.63, 3.8) is 0 Å². The van der Waals surface area contributed by atoms with Gasteiger partial charge in [-0.15, -0.1) is 0 Å². The lowest BCUT2D eigenvalue weighted by molar-refractivity contribution is -0.440. The maximum atomic E-state index is 13.4. The van der Waals surface area contributed by atoms with Gasteiger partial charge in [0.05, 0.1) is 6.61 Å². The van der Waals surface area contributed by atoms with Crippen LogP contribution in [-0.4, -0.2) is 60.0 Å². The van der Waals surface area contributed by atoms with Crippen molar-refractivity contribution in [1.29, 1.82) is 0 Å². The monoisotopic (exact) mass is 449 g/mol. The maximum absolute atomic E-state index is 13.4. The molecule has 168 valence electrons. The lowest BCUT2D eigenvalue weighted by Crippen LogP contribution is -2.70. The van der Waals surface area contributed by atoms with Crippen LogP contribution in [-0.2, 0) is 4.74 Å². The molecule has 1 atom stereocenters. The second-order valence-corrected chi connectivity index (χ2v) is 5.91. The summed E-state index contributed by atoms with van der Waals surface area (Å²) in [5.74, 6) is -39.3. The minimum Gasteiger partial charge on any atom is -0.353 e. The molecule has 3 nitrogen and oxygen atoms in total. The summed E-state index contributed by atoms with van der Waals surface area (Å²) in [5.41, 5.74) is 0. The zero-order valence-corrected chi connectivity index (χ0v) is 13.3. The Kier molecular flexibility index (Phi) is 6.28. The van der Waals surface area contributed by atoms with Crippen LogP contribution in [0.25, 0.3) is 0 Å². The Balaban J connectivity index is 3.08. The molecular formula is C12H12F13NO2. The van der Waals surface area contributed by atoms with Crippen LogP contribution in [0.4, 0.5) is 57.1 Å². The maximum Gasteiger partial charge on any atom is 0.460 e. The van der Waals surface area contributed by atoms with Crippen molar-refractivity contribution in [2.45, 2.75) is 61.0 Å². The molecule has 0 amide bonds. The first kappa shape index (κ1) is 25.0. The molecule has 0 saturated carbocycles. The molecule has 1 aliphatic heterocycles. The van der Waals surface area contributed by atoms with E-state index in [2.05, 4.69) is 10.1 Å². The third-order valence-electron chi connectivity index (χ3n) is 3.85. The van der Waals surface area contributed by atoms with Crippen LogP contribution >= 0.6 is 0 Å². The van der Waals surface area contributed by atoms with Crippen LogP contribution in [0.3, 0.4) is 0 Å². The summed E-state index contributed by atoms with van der Waals surface area (Å²) in [6, 6.07) is 0. The quantitative estimate of drug-likeness (QED) is 0.432. The van der Waals surface area contributed by atoms with Crippen molar-refractivity contribution >= 4 is 0 Å². The molecular weight excluding hydrogens is 437 g/mol. The van der Waals surface area contributed by atoms with Gasteiger partial charge in [0.15, 0.2) is 0 Å². The first-order valence-corrected chi connectivity index (χ1v) is 7.23. The number of hydrogen-bond acceptors (Lipinski definition) is 3. The van der Waals surface area contributed by atoms with Gasteiger partial charge in [-0.05, 0) is 6.42 Å². The third-order valence-corrected chi connectivity index (χ3v) is 3.85. The number of rotatable bonds is 8. The van der Waals surface area contributed by atoms with E-state index in [-0.39, 0.29) is 19.4 Å². The number of halogens is 13. The molecule has 0 radical (unpaired) electrons. The first-order valence-electron chi connectivity index (χ1n) is 7.23. The normalized spacial score (nSPS) is 23.4. The highest BCUT2D eigenvalue weighted by Gasteiger charge is 2.90. The second-order valence-electron chi connectivity index (χ2n) is 5.91. The summed E-state index contributed by atoms with van der Waals surface area (Å²) in [7, 11) is 0. The largest absolute Gasteiger partial charge is 0.460 e. The Hall–Kier alpha value is -1.03. The van der Waals surface area contributed by atoms with Crippen LogP contribution < -0.4 is 5.32 Å². The van der Waals surface area contributed by atoms with Crippen LogP contribution in [0, 0.1) is 0 Å². The Morgan fingerprint density at radius 2 is 1.21 bits per heavy atom. The molecule has 28 heavy (non-hydrogen) atoms. The van der Waals surface area contributed by atoms with Gasteiger partial charge >= 0.3 is 35.8 Å². The molecule has 16 heteroatoms. The SMILES string of the molecule is OC1(OCCC(F)(F)C(F)(F)C(F)(F)C(F)(F)C(F)(F)C(F)(F)F)CCCN1. The Labute approximate surface area is 147 Å². The summed E-state index contributed by atoms with van der Waals surface area (Å²) in [5, 5.41) is 11.7. The zero-order chi connectivity index (χ0) is 22.4. The first-order chi connectivity index (χ1) is 12.2. The van der Waals surface area contributed by atoms with Crippen molar-refractivity contribution < 1.29 is 66.9 Å². The highest BCUT2D eigenvalue weighted by Crippen LogP contribution is 2.60. The fraction of sp³-hybridized carbons (Fsp3) is 1.00. The molecule has 2 N–H and O–H groups in total. The highest BCUT2D eigenvalue weighted by molar-refractivity contribution is 5.10. The van der Waals surface area contributed by atoms with Crippen molar-refractivity contribution in [1.82, 2.24) is 5.32 Å². The molecule has 1 saturated heterocycles. The van der Waals surface area contributed by atoms with Crippen LogP contribution in [0.2, 0.25) is 0 Å². The Bertz CT molecular complexity index is 554. The molecule has 0 aromatic heterocycles. The smallest absolute Gasteiger partial charge is 0.353 e. The van der Waals surface area contributed by atoms with E-state index in [1.165, 1.54) is 0 Å². The molecule has 1 rings (SSSR count). The van der Waals surface area contributed by atoms with Gasteiger partial charge in [-0.1, -0.05) is 0 Å². The van der Waals surface area contributed by atoms with E-state index < -0.39 is 54.7 Å². The molecule has 1 fully saturated rings. The van der Waals surface area contributed by atoms with E-state index in [1.807, 2.05) is 0 Å². The predicted molar refractivity (Wildman–Crippen MR) is 63.5 cm³/mol. The number of nitrogens with one attached hydrogen (secondary N) is 1. The predicted octanol–water partition coefficient (Wildman–Crippen LogP) is 4.16. The van der Waals surface area contributed by atoms with E-state index in [9.17, 15) is 62.2 Å².